The van der Waals surface area contributed by atoms with Gasteiger partial charge >= 0.3 is 0 Å². The molecule has 2 aromatic carbocycles. The van der Waals surface area contributed by atoms with Gasteiger partial charge in [0, 0.05) is 50.6 Å². The Morgan fingerprint density at radius 2 is 1.90 bits per heavy atom. The molecule has 1 aromatic heterocycles. The van der Waals surface area contributed by atoms with Gasteiger partial charge in [-0.1, -0.05) is 35.0 Å². The molecule has 0 radical (unpaired) electrons. The summed E-state index contributed by atoms with van der Waals surface area (Å²) in [5.41, 5.74) is 3.90. The van der Waals surface area contributed by atoms with E-state index in [4.69, 9.17) is 21.2 Å². The lowest BCUT2D eigenvalue weighted by Crippen LogP contribution is -2.49. The van der Waals surface area contributed by atoms with Crippen molar-refractivity contribution in [2.75, 3.05) is 37.0 Å². The molecule has 0 spiro atoms. The first kappa shape index (κ1) is 28.1. The summed E-state index contributed by atoms with van der Waals surface area (Å²) in [4.78, 5) is 41.4. The van der Waals surface area contributed by atoms with Crippen molar-refractivity contribution >= 4 is 40.5 Å². The molecule has 1 fully saturated rings. The highest BCUT2D eigenvalue weighted by Gasteiger charge is 2.42. The Kier molecular flexibility index (Phi) is 8.08. The van der Waals surface area contributed by atoms with Crippen molar-refractivity contribution in [3.05, 3.63) is 88.5 Å². The number of nitrogens with one attached hydrogen (secondary N) is 1. The number of rotatable bonds is 6. The van der Waals surface area contributed by atoms with Crippen molar-refractivity contribution < 1.29 is 23.6 Å². The molecule has 4 heterocycles. The van der Waals surface area contributed by atoms with Crippen LogP contribution in [-0.2, 0) is 25.6 Å². The van der Waals surface area contributed by atoms with E-state index < -0.39 is 18.0 Å². The number of piperidine rings is 1. The van der Waals surface area contributed by atoms with Crippen LogP contribution in [0.25, 0.3) is 0 Å². The number of anilines is 2. The molecule has 9 nitrogen and oxygen atoms in total. The van der Waals surface area contributed by atoms with Crippen LogP contribution < -0.4 is 10.2 Å². The fraction of sp³-hybridized carbons (Fsp3) is 0.355. The number of hydrogen-bond donors (Lipinski definition) is 1. The summed E-state index contributed by atoms with van der Waals surface area (Å²) < 4.78 is 20.2. The Labute approximate surface area is 248 Å². The zero-order valence-electron chi connectivity index (χ0n) is 23.1. The lowest BCUT2D eigenvalue weighted by molar-refractivity contribution is -0.148. The van der Waals surface area contributed by atoms with Crippen molar-refractivity contribution in [2.24, 2.45) is 5.16 Å². The maximum Gasteiger partial charge on any atom is 0.267 e. The van der Waals surface area contributed by atoms with E-state index in [-0.39, 0.29) is 34.9 Å². The average Bonchev–Trinajstić information content (AvgIpc) is 3.52. The number of methoxy groups -OCH3 is 1. The smallest absolute Gasteiger partial charge is 0.267 e. The van der Waals surface area contributed by atoms with Gasteiger partial charge in [-0.15, -0.1) is 0 Å². The highest BCUT2D eigenvalue weighted by atomic mass is 35.5. The molecule has 11 heteroatoms. The SMILES string of the molecule is COC1CCN(c2cccc3c2CCN(C(=O)C2CC(c4cccc(Cl)c4F)=NO2)[C@@H]3C(=O)Nc2cccnc2)CC1. The van der Waals surface area contributed by atoms with E-state index in [1.165, 1.54) is 6.07 Å². The summed E-state index contributed by atoms with van der Waals surface area (Å²) in [7, 11) is 1.75. The summed E-state index contributed by atoms with van der Waals surface area (Å²) in [5, 5.41) is 6.91. The molecule has 0 saturated carbocycles. The molecule has 2 amide bonds. The Hall–Kier alpha value is -4.02. The molecule has 6 rings (SSSR count). The van der Waals surface area contributed by atoms with Crippen LogP contribution in [0.15, 0.2) is 66.1 Å². The Morgan fingerprint density at radius 1 is 1.10 bits per heavy atom. The van der Waals surface area contributed by atoms with Crippen LogP contribution in [0.4, 0.5) is 15.8 Å². The Bertz CT molecular complexity index is 1510. The van der Waals surface area contributed by atoms with Crippen molar-refractivity contribution in [3.8, 4) is 0 Å². The number of benzene rings is 2. The normalized spacial score (nSPS) is 20.5. The van der Waals surface area contributed by atoms with Crippen molar-refractivity contribution in [3.63, 3.8) is 0 Å². The molecule has 1 N–H and O–H groups in total. The second kappa shape index (κ2) is 12.1. The van der Waals surface area contributed by atoms with Crippen LogP contribution in [0, 0.1) is 5.82 Å². The molecule has 1 unspecified atom stereocenters. The van der Waals surface area contributed by atoms with Gasteiger partial charge in [0.2, 0.25) is 6.10 Å². The quantitative estimate of drug-likeness (QED) is 0.445. The van der Waals surface area contributed by atoms with E-state index >= 15 is 0 Å². The minimum Gasteiger partial charge on any atom is -0.382 e. The summed E-state index contributed by atoms with van der Waals surface area (Å²) in [6.45, 7) is 2.00. The number of carbonyl (C=O) groups excluding carboxylic acids is 2. The van der Waals surface area contributed by atoms with Crippen LogP contribution >= 0.6 is 11.6 Å². The van der Waals surface area contributed by atoms with Crippen LogP contribution in [-0.4, -0.2) is 66.4 Å². The number of ether oxygens (including phenoxy) is 1. The number of oxime groups is 1. The zero-order valence-corrected chi connectivity index (χ0v) is 23.9. The lowest BCUT2D eigenvalue weighted by atomic mass is 9.89. The third-order valence-electron chi connectivity index (χ3n) is 8.18. The maximum atomic E-state index is 14.7. The van der Waals surface area contributed by atoms with E-state index in [2.05, 4.69) is 26.4 Å². The molecular weight excluding hydrogens is 561 g/mol. The van der Waals surface area contributed by atoms with Gasteiger partial charge in [-0.3, -0.25) is 14.6 Å². The molecule has 0 bridgehead atoms. The van der Waals surface area contributed by atoms with Gasteiger partial charge in [-0.25, -0.2) is 4.39 Å². The predicted molar refractivity (Wildman–Crippen MR) is 157 cm³/mol. The summed E-state index contributed by atoms with van der Waals surface area (Å²) >= 11 is 5.96. The van der Waals surface area contributed by atoms with Gasteiger partial charge < -0.3 is 24.7 Å². The average molecular weight is 592 g/mol. The number of amides is 2. The van der Waals surface area contributed by atoms with Gasteiger partial charge in [0.05, 0.1) is 28.7 Å². The third kappa shape index (κ3) is 5.44. The minimum absolute atomic E-state index is 0.0352. The second-order valence-electron chi connectivity index (χ2n) is 10.6. The van der Waals surface area contributed by atoms with E-state index in [1.807, 2.05) is 12.1 Å². The number of pyridine rings is 1. The zero-order chi connectivity index (χ0) is 29.2. The van der Waals surface area contributed by atoms with Gasteiger partial charge in [0.1, 0.15) is 6.04 Å². The summed E-state index contributed by atoms with van der Waals surface area (Å²) in [6.07, 6.45) is 4.90. The first-order valence-electron chi connectivity index (χ1n) is 14.0. The van der Waals surface area contributed by atoms with Crippen LogP contribution in [0.2, 0.25) is 5.02 Å². The van der Waals surface area contributed by atoms with Crippen LogP contribution in [0.3, 0.4) is 0 Å². The summed E-state index contributed by atoms with van der Waals surface area (Å²) in [5.74, 6) is -1.36. The molecule has 218 valence electrons. The van der Waals surface area contributed by atoms with Crippen molar-refractivity contribution in [1.29, 1.82) is 0 Å². The standard InChI is InChI=1S/C31H31ClFN5O4/c1-41-20-10-14-37(15-11-20)26-9-3-6-22-21(26)12-16-38(29(22)30(39)35-19-5-4-13-34-18-19)31(40)27-17-25(36-42-27)23-7-2-8-24(32)28(23)33/h2-9,13,18,20,27,29H,10-12,14-17H2,1H3,(H,35,39)/t27?,29-/m0/s1. The molecular formula is C31H31ClFN5O4. The van der Waals surface area contributed by atoms with Crippen LogP contribution in [0.1, 0.15) is 42.0 Å². The number of fused-ring (bicyclic) bond motifs is 1. The van der Waals surface area contributed by atoms with E-state index in [9.17, 15) is 14.0 Å². The summed E-state index contributed by atoms with van der Waals surface area (Å²) in [6, 6.07) is 13.1. The number of carbonyl (C=O) groups is 2. The molecule has 3 aliphatic rings. The van der Waals surface area contributed by atoms with Crippen molar-refractivity contribution in [2.45, 2.75) is 43.9 Å². The molecule has 1 saturated heterocycles. The molecule has 0 aliphatic carbocycles. The molecule has 3 aromatic rings. The molecule has 42 heavy (non-hydrogen) atoms. The Morgan fingerprint density at radius 3 is 2.67 bits per heavy atom. The second-order valence-corrected chi connectivity index (χ2v) is 11.0. The van der Waals surface area contributed by atoms with Gasteiger partial charge in [-0.2, -0.15) is 0 Å². The topological polar surface area (TPSA) is 96.4 Å². The fourth-order valence-corrected chi connectivity index (χ4v) is 6.20. The van der Waals surface area contributed by atoms with Gasteiger partial charge in [0.25, 0.3) is 11.8 Å². The molecule has 2 atom stereocenters. The highest BCUT2D eigenvalue weighted by Crippen LogP contribution is 2.38. The van der Waals surface area contributed by atoms with Crippen molar-refractivity contribution in [1.82, 2.24) is 9.88 Å². The van der Waals surface area contributed by atoms with E-state index in [0.29, 0.717) is 24.4 Å². The Balaban J connectivity index is 1.29. The third-order valence-corrected chi connectivity index (χ3v) is 8.47. The van der Waals surface area contributed by atoms with E-state index in [0.717, 1.165) is 42.7 Å². The number of hydrogen-bond acceptors (Lipinski definition) is 7. The largest absolute Gasteiger partial charge is 0.382 e. The first-order valence-corrected chi connectivity index (χ1v) is 14.4. The number of aromatic nitrogens is 1. The first-order chi connectivity index (χ1) is 20.4. The molecule has 3 aliphatic heterocycles. The van der Waals surface area contributed by atoms with Crippen LogP contribution in [0.5, 0.6) is 0 Å². The minimum atomic E-state index is -0.995. The van der Waals surface area contributed by atoms with Gasteiger partial charge in [0.15, 0.2) is 5.82 Å². The number of nitrogens with zero attached hydrogens (tertiary/aromatic N) is 4. The van der Waals surface area contributed by atoms with Gasteiger partial charge in [-0.05, 0) is 60.7 Å². The lowest BCUT2D eigenvalue weighted by Gasteiger charge is -2.40. The predicted octanol–water partition coefficient (Wildman–Crippen LogP) is 4.75. The van der Waals surface area contributed by atoms with E-state index in [1.54, 1.807) is 48.7 Å². The maximum absolute atomic E-state index is 14.7. The fourth-order valence-electron chi connectivity index (χ4n) is 6.03. The highest BCUT2D eigenvalue weighted by molar-refractivity contribution is 6.31. The number of halogens is 2. The monoisotopic (exact) mass is 591 g/mol.